The van der Waals surface area contributed by atoms with E-state index in [1.807, 2.05) is 17.0 Å². The van der Waals surface area contributed by atoms with Crippen LogP contribution in [0.25, 0.3) is 0 Å². The predicted molar refractivity (Wildman–Crippen MR) is 68.2 cm³/mol. The van der Waals surface area contributed by atoms with Crippen LogP contribution in [0.5, 0.6) is 0 Å². The summed E-state index contributed by atoms with van der Waals surface area (Å²) in [5.41, 5.74) is 2.05. The van der Waals surface area contributed by atoms with Gasteiger partial charge in [0.15, 0.2) is 0 Å². The number of hydrogen-bond acceptors (Lipinski definition) is 3. The molecule has 1 aromatic carbocycles. The maximum Gasteiger partial charge on any atom is 0.256 e. The van der Waals surface area contributed by atoms with Crippen molar-refractivity contribution in [3.05, 3.63) is 29.3 Å². The summed E-state index contributed by atoms with van der Waals surface area (Å²) >= 11 is 0. The van der Waals surface area contributed by atoms with E-state index in [-0.39, 0.29) is 18.2 Å². The van der Waals surface area contributed by atoms with E-state index in [4.69, 9.17) is 5.26 Å². The lowest BCUT2D eigenvalue weighted by Gasteiger charge is -2.14. The van der Waals surface area contributed by atoms with Crippen LogP contribution in [0.4, 0.5) is 5.69 Å². The minimum absolute atomic E-state index is 0.00893. The first-order valence-electron chi connectivity index (χ1n) is 6.30. The summed E-state index contributed by atoms with van der Waals surface area (Å²) in [6.45, 7) is 0.626. The first kappa shape index (κ1) is 11.7. The molecule has 0 aromatic heterocycles. The Bertz CT molecular complexity index is 599. The van der Waals surface area contributed by atoms with E-state index < -0.39 is 0 Å². The quantitative estimate of drug-likeness (QED) is 0.892. The van der Waals surface area contributed by atoms with Gasteiger partial charge in [0.2, 0.25) is 5.91 Å². The van der Waals surface area contributed by atoms with Crippen molar-refractivity contribution in [2.24, 2.45) is 0 Å². The Kier molecular flexibility index (Phi) is 2.71. The van der Waals surface area contributed by atoms with Crippen LogP contribution in [-0.2, 0) is 11.3 Å². The van der Waals surface area contributed by atoms with Gasteiger partial charge in [0.1, 0.15) is 6.42 Å². The summed E-state index contributed by atoms with van der Waals surface area (Å²) in [7, 11) is 0. The molecule has 1 aromatic rings. The number of benzene rings is 1. The van der Waals surface area contributed by atoms with Crippen molar-refractivity contribution in [2.45, 2.75) is 31.8 Å². The zero-order valence-electron chi connectivity index (χ0n) is 10.3. The second kappa shape index (κ2) is 4.39. The topological polar surface area (TPSA) is 73.2 Å². The third-order valence-electron chi connectivity index (χ3n) is 3.47. The third kappa shape index (κ3) is 2.06. The van der Waals surface area contributed by atoms with Gasteiger partial charge < -0.3 is 10.2 Å². The van der Waals surface area contributed by atoms with Crippen LogP contribution in [0, 0.1) is 11.3 Å². The van der Waals surface area contributed by atoms with Crippen molar-refractivity contribution in [1.29, 1.82) is 5.26 Å². The average molecular weight is 255 g/mol. The molecule has 5 nitrogen and oxygen atoms in total. The van der Waals surface area contributed by atoms with Gasteiger partial charge in [0.25, 0.3) is 5.91 Å². The van der Waals surface area contributed by atoms with Crippen LogP contribution in [0.3, 0.4) is 0 Å². The van der Waals surface area contributed by atoms with Crippen LogP contribution in [0.1, 0.15) is 35.2 Å². The fraction of sp³-hybridized carbons (Fsp3) is 0.357. The van der Waals surface area contributed by atoms with Crippen molar-refractivity contribution in [1.82, 2.24) is 4.90 Å². The van der Waals surface area contributed by atoms with Gasteiger partial charge in [0.05, 0.1) is 17.3 Å². The van der Waals surface area contributed by atoms with Gasteiger partial charge >= 0.3 is 0 Å². The lowest BCUT2D eigenvalue weighted by Crippen LogP contribution is -2.26. The van der Waals surface area contributed by atoms with Crippen molar-refractivity contribution in [2.75, 3.05) is 5.32 Å². The van der Waals surface area contributed by atoms with E-state index in [0.29, 0.717) is 23.8 Å². The zero-order chi connectivity index (χ0) is 13.4. The Morgan fingerprint density at radius 3 is 2.95 bits per heavy atom. The molecule has 0 spiro atoms. The number of carbonyl (C=O) groups is 2. The van der Waals surface area contributed by atoms with Gasteiger partial charge in [-0.05, 0) is 24.5 Å². The summed E-state index contributed by atoms with van der Waals surface area (Å²) in [4.78, 5) is 25.7. The molecule has 0 radical (unpaired) electrons. The summed E-state index contributed by atoms with van der Waals surface area (Å²) in [5.74, 6) is -0.390. The van der Waals surface area contributed by atoms with Crippen LogP contribution < -0.4 is 5.32 Å². The Morgan fingerprint density at radius 1 is 1.47 bits per heavy atom. The molecule has 1 heterocycles. The first-order valence-corrected chi connectivity index (χ1v) is 6.30. The summed E-state index contributed by atoms with van der Waals surface area (Å²) in [5, 5.41) is 11.1. The lowest BCUT2D eigenvalue weighted by atomic mass is 10.1. The third-order valence-corrected chi connectivity index (χ3v) is 3.47. The van der Waals surface area contributed by atoms with Gasteiger partial charge in [-0.25, -0.2) is 0 Å². The SMILES string of the molecule is N#CCC(=O)Nc1cccc2c1C(=O)N(C1CC1)C2. The molecule has 5 heteroatoms. The molecule has 1 aliphatic carbocycles. The molecule has 96 valence electrons. The second-order valence-corrected chi connectivity index (χ2v) is 4.89. The molecule has 2 aliphatic rings. The summed E-state index contributed by atoms with van der Waals surface area (Å²) in [6, 6.07) is 7.61. The number of anilines is 1. The maximum absolute atomic E-state index is 12.3. The van der Waals surface area contributed by atoms with Crippen LogP contribution in [0.2, 0.25) is 0 Å². The number of fused-ring (bicyclic) bond motifs is 1. The fourth-order valence-corrected chi connectivity index (χ4v) is 2.43. The lowest BCUT2D eigenvalue weighted by molar-refractivity contribution is -0.115. The number of amides is 2. The van der Waals surface area contributed by atoms with Gasteiger partial charge in [0, 0.05) is 12.6 Å². The highest BCUT2D eigenvalue weighted by Gasteiger charge is 2.39. The molecule has 1 aliphatic heterocycles. The van der Waals surface area contributed by atoms with Gasteiger partial charge in [-0.2, -0.15) is 5.26 Å². The number of hydrogen-bond donors (Lipinski definition) is 1. The number of nitriles is 1. The van der Waals surface area contributed by atoms with E-state index in [1.54, 1.807) is 12.1 Å². The minimum Gasteiger partial charge on any atom is -0.331 e. The van der Waals surface area contributed by atoms with Crippen molar-refractivity contribution in [3.8, 4) is 6.07 Å². The molecule has 3 rings (SSSR count). The van der Waals surface area contributed by atoms with E-state index >= 15 is 0 Å². The molecule has 0 atom stereocenters. The monoisotopic (exact) mass is 255 g/mol. The maximum atomic E-state index is 12.3. The summed E-state index contributed by atoms with van der Waals surface area (Å²) < 4.78 is 0. The Morgan fingerprint density at radius 2 is 2.26 bits per heavy atom. The van der Waals surface area contributed by atoms with E-state index in [2.05, 4.69) is 5.32 Å². The molecular formula is C14H13N3O2. The highest BCUT2D eigenvalue weighted by molar-refractivity contribution is 6.07. The molecule has 1 saturated carbocycles. The zero-order valence-corrected chi connectivity index (χ0v) is 10.3. The Hall–Kier alpha value is -2.35. The molecule has 1 N–H and O–H groups in total. The van der Waals surface area contributed by atoms with Crippen LogP contribution >= 0.6 is 0 Å². The average Bonchev–Trinajstić information content (AvgIpc) is 3.15. The molecular weight excluding hydrogens is 242 g/mol. The highest BCUT2D eigenvalue weighted by Crippen LogP contribution is 2.37. The van der Waals surface area contributed by atoms with Crippen LogP contribution in [-0.4, -0.2) is 22.8 Å². The number of nitrogens with zero attached hydrogens (tertiary/aromatic N) is 2. The largest absolute Gasteiger partial charge is 0.331 e. The first-order chi connectivity index (χ1) is 9.20. The predicted octanol–water partition coefficient (Wildman–Crippen LogP) is 1.66. The van der Waals surface area contributed by atoms with Crippen molar-refractivity contribution in [3.63, 3.8) is 0 Å². The Labute approximate surface area is 110 Å². The molecule has 0 bridgehead atoms. The van der Waals surface area contributed by atoms with E-state index in [1.165, 1.54) is 0 Å². The van der Waals surface area contributed by atoms with Crippen LogP contribution in [0.15, 0.2) is 18.2 Å². The summed E-state index contributed by atoms with van der Waals surface area (Å²) in [6.07, 6.45) is 1.93. The highest BCUT2D eigenvalue weighted by atomic mass is 16.2. The molecule has 2 amide bonds. The standard InChI is InChI=1S/C14H13N3O2/c15-7-6-12(18)16-11-3-1-2-9-8-17(10-4-5-10)14(19)13(9)11/h1-3,10H,4-6,8H2,(H,16,18). The number of nitrogens with one attached hydrogen (secondary N) is 1. The van der Waals surface area contributed by atoms with Gasteiger partial charge in [-0.1, -0.05) is 12.1 Å². The van der Waals surface area contributed by atoms with E-state index in [9.17, 15) is 9.59 Å². The second-order valence-electron chi connectivity index (χ2n) is 4.89. The van der Waals surface area contributed by atoms with E-state index in [0.717, 1.165) is 18.4 Å². The number of rotatable bonds is 3. The molecule has 19 heavy (non-hydrogen) atoms. The minimum atomic E-state index is -0.381. The number of carbonyl (C=O) groups excluding carboxylic acids is 2. The van der Waals surface area contributed by atoms with Gasteiger partial charge in [-0.3, -0.25) is 9.59 Å². The van der Waals surface area contributed by atoms with Crippen molar-refractivity contribution < 1.29 is 9.59 Å². The molecule has 0 unspecified atom stereocenters. The fourth-order valence-electron chi connectivity index (χ4n) is 2.43. The molecule has 0 saturated heterocycles. The normalized spacial score (nSPS) is 17.0. The molecule has 1 fully saturated rings. The Balaban J connectivity index is 1.89. The van der Waals surface area contributed by atoms with Crippen molar-refractivity contribution >= 4 is 17.5 Å². The smallest absolute Gasteiger partial charge is 0.256 e. The van der Waals surface area contributed by atoms with Gasteiger partial charge in [-0.15, -0.1) is 0 Å².